The number of aryl methyl sites for hydroxylation is 1. The predicted octanol–water partition coefficient (Wildman–Crippen LogP) is 4.24. The number of ketones is 1. The van der Waals surface area contributed by atoms with Crippen LogP contribution in [0.1, 0.15) is 48.0 Å². The van der Waals surface area contributed by atoms with E-state index in [-0.39, 0.29) is 23.8 Å². The van der Waals surface area contributed by atoms with E-state index < -0.39 is 18.3 Å². The summed E-state index contributed by atoms with van der Waals surface area (Å²) in [6, 6.07) is 3.61. The largest absolute Gasteiger partial charge is 0.408 e. The molecule has 0 atom stereocenters. The maximum absolute atomic E-state index is 13.3. The van der Waals surface area contributed by atoms with Crippen LogP contribution >= 0.6 is 0 Å². The Labute approximate surface area is 188 Å². The number of anilines is 1. The molecule has 0 aromatic carbocycles. The van der Waals surface area contributed by atoms with E-state index in [1.54, 1.807) is 39.2 Å². The summed E-state index contributed by atoms with van der Waals surface area (Å²) in [7, 11) is 0. The van der Waals surface area contributed by atoms with Crippen molar-refractivity contribution in [3.8, 4) is 11.3 Å². The smallest absolute Gasteiger partial charge is 0.300 e. The van der Waals surface area contributed by atoms with E-state index in [0.29, 0.717) is 28.1 Å². The Kier molecular flexibility index (Phi) is 5.34. The van der Waals surface area contributed by atoms with E-state index in [2.05, 4.69) is 10.1 Å². The van der Waals surface area contributed by atoms with Crippen LogP contribution < -0.4 is 4.90 Å². The molecule has 0 N–H and O–H groups in total. The van der Waals surface area contributed by atoms with Gasteiger partial charge in [0.05, 0.1) is 34.4 Å². The molecular formula is C23H22F3N5O2. The van der Waals surface area contributed by atoms with Gasteiger partial charge in [-0.1, -0.05) is 0 Å². The third kappa shape index (κ3) is 4.24. The van der Waals surface area contributed by atoms with Crippen molar-refractivity contribution >= 4 is 17.4 Å². The van der Waals surface area contributed by atoms with E-state index in [4.69, 9.17) is 4.98 Å². The molecule has 0 saturated heterocycles. The molecule has 7 nitrogen and oxygen atoms in total. The summed E-state index contributed by atoms with van der Waals surface area (Å²) in [6.07, 6.45) is 1.56. The van der Waals surface area contributed by atoms with Crippen molar-refractivity contribution in [1.82, 2.24) is 19.7 Å². The van der Waals surface area contributed by atoms with Gasteiger partial charge in [-0.2, -0.15) is 18.3 Å². The molecule has 4 rings (SSSR count). The van der Waals surface area contributed by atoms with Gasteiger partial charge in [-0.3, -0.25) is 24.2 Å². The number of alkyl halides is 3. The number of halogens is 3. The minimum atomic E-state index is -4.42. The summed E-state index contributed by atoms with van der Waals surface area (Å²) in [6.45, 7) is 5.63. The van der Waals surface area contributed by atoms with Gasteiger partial charge >= 0.3 is 6.18 Å². The molecule has 3 aromatic rings. The van der Waals surface area contributed by atoms with Crippen molar-refractivity contribution in [3.63, 3.8) is 0 Å². The fraction of sp³-hybridized carbons (Fsp3) is 0.348. The first kappa shape index (κ1) is 22.6. The van der Waals surface area contributed by atoms with Gasteiger partial charge in [0.1, 0.15) is 12.3 Å². The summed E-state index contributed by atoms with van der Waals surface area (Å²) in [5.74, 6) is -0.331. The minimum Gasteiger partial charge on any atom is -0.300 e. The molecule has 10 heteroatoms. The Hall–Kier alpha value is -3.56. The molecule has 1 aliphatic heterocycles. The van der Waals surface area contributed by atoms with Crippen LogP contribution in [0.15, 0.2) is 36.9 Å². The second-order valence-electron chi connectivity index (χ2n) is 8.72. The molecule has 0 radical (unpaired) electrons. The highest BCUT2D eigenvalue weighted by Crippen LogP contribution is 2.43. The number of nitrogens with zero attached hydrogens (tertiary/aromatic N) is 5. The molecule has 33 heavy (non-hydrogen) atoms. The summed E-state index contributed by atoms with van der Waals surface area (Å²) in [5, 5.41) is 3.78. The zero-order valence-corrected chi connectivity index (χ0v) is 18.6. The first-order valence-corrected chi connectivity index (χ1v) is 10.3. The highest BCUT2D eigenvalue weighted by molar-refractivity contribution is 6.12. The molecule has 0 bridgehead atoms. The van der Waals surface area contributed by atoms with Crippen LogP contribution in [0.3, 0.4) is 0 Å². The van der Waals surface area contributed by atoms with Crippen molar-refractivity contribution in [3.05, 3.63) is 59.3 Å². The molecule has 0 saturated carbocycles. The molecule has 3 aromatic heterocycles. The van der Waals surface area contributed by atoms with E-state index in [1.165, 1.54) is 24.2 Å². The Morgan fingerprint density at radius 3 is 2.55 bits per heavy atom. The number of amides is 1. The van der Waals surface area contributed by atoms with Crippen LogP contribution in [-0.4, -0.2) is 37.6 Å². The van der Waals surface area contributed by atoms with Crippen molar-refractivity contribution in [2.75, 3.05) is 4.90 Å². The highest BCUT2D eigenvalue weighted by atomic mass is 19.4. The van der Waals surface area contributed by atoms with Crippen LogP contribution in [0, 0.1) is 6.92 Å². The third-order valence-corrected chi connectivity index (χ3v) is 5.53. The van der Waals surface area contributed by atoms with E-state index in [1.807, 2.05) is 6.07 Å². The number of aromatic nitrogens is 4. The fourth-order valence-electron chi connectivity index (χ4n) is 4.19. The van der Waals surface area contributed by atoms with Crippen LogP contribution in [0.2, 0.25) is 0 Å². The van der Waals surface area contributed by atoms with Gasteiger partial charge in [-0.15, -0.1) is 0 Å². The first-order chi connectivity index (χ1) is 15.4. The highest BCUT2D eigenvalue weighted by Gasteiger charge is 2.47. The maximum atomic E-state index is 13.3. The second kappa shape index (κ2) is 7.79. The van der Waals surface area contributed by atoms with Crippen molar-refractivity contribution in [1.29, 1.82) is 0 Å². The number of fused-ring (bicyclic) bond motifs is 1. The number of hydrogen-bond donors (Lipinski definition) is 0. The summed E-state index contributed by atoms with van der Waals surface area (Å²) < 4.78 is 39.0. The quantitative estimate of drug-likeness (QED) is 0.573. The van der Waals surface area contributed by atoms with Crippen LogP contribution in [0.25, 0.3) is 11.3 Å². The molecule has 0 spiro atoms. The Balaban J connectivity index is 1.75. The fourth-order valence-corrected chi connectivity index (χ4v) is 4.19. The number of Topliss-reactive ketones (excluding diaryl/α,β-unsaturated/α-hetero) is 1. The van der Waals surface area contributed by atoms with Gasteiger partial charge in [-0.05, 0) is 51.0 Å². The molecular weight excluding hydrogens is 435 g/mol. The molecule has 0 unspecified atom stereocenters. The topological polar surface area (TPSA) is 81.0 Å². The Bertz CT molecular complexity index is 1260. The summed E-state index contributed by atoms with van der Waals surface area (Å²) >= 11 is 0. The monoisotopic (exact) mass is 457 g/mol. The molecule has 172 valence electrons. The van der Waals surface area contributed by atoms with Crippen molar-refractivity contribution < 1.29 is 22.8 Å². The lowest BCUT2D eigenvalue weighted by atomic mass is 9.95. The zero-order valence-electron chi connectivity index (χ0n) is 18.6. The van der Waals surface area contributed by atoms with Crippen LogP contribution in [0.4, 0.5) is 18.9 Å². The number of pyridine rings is 2. The lowest BCUT2D eigenvalue weighted by Crippen LogP contribution is -2.39. The standard InChI is InChI=1S/C23H22F3N5O2/c1-13-5-18(16-7-15(6-14(2)32)8-27-9-16)29-20-19(13)21(33)31(22(20,3)4)17-10-28-30(11-17)12-23(24,25)26/h5,7-11H,6,12H2,1-4H3. The molecule has 1 amide bonds. The number of rotatable bonds is 5. The maximum Gasteiger partial charge on any atom is 0.408 e. The molecule has 1 aliphatic rings. The molecule has 0 fully saturated rings. The average molecular weight is 457 g/mol. The summed E-state index contributed by atoms with van der Waals surface area (Å²) in [4.78, 5) is 35.2. The van der Waals surface area contributed by atoms with Gasteiger partial charge in [-0.25, -0.2) is 4.98 Å². The van der Waals surface area contributed by atoms with Crippen molar-refractivity contribution in [2.24, 2.45) is 0 Å². The minimum absolute atomic E-state index is 0.0143. The average Bonchev–Trinajstić information content (AvgIpc) is 3.20. The van der Waals surface area contributed by atoms with Gasteiger partial charge < -0.3 is 0 Å². The van der Waals surface area contributed by atoms with Gasteiger partial charge in [0.2, 0.25) is 0 Å². The molecule has 4 heterocycles. The van der Waals surface area contributed by atoms with E-state index >= 15 is 0 Å². The van der Waals surface area contributed by atoms with Gasteiger partial charge in [0, 0.05) is 30.6 Å². The SMILES string of the molecule is CC(=O)Cc1cncc(-c2cc(C)c3c(n2)C(C)(C)N(c2cnn(CC(F)(F)F)c2)C3=O)c1. The predicted molar refractivity (Wildman–Crippen MR) is 115 cm³/mol. The molecule has 0 aliphatic carbocycles. The Morgan fingerprint density at radius 1 is 1.15 bits per heavy atom. The normalized spacial score (nSPS) is 15.1. The van der Waals surface area contributed by atoms with E-state index in [9.17, 15) is 22.8 Å². The van der Waals surface area contributed by atoms with Crippen LogP contribution in [0.5, 0.6) is 0 Å². The van der Waals surface area contributed by atoms with Gasteiger partial charge in [0.25, 0.3) is 5.91 Å². The first-order valence-electron chi connectivity index (χ1n) is 10.3. The lowest BCUT2D eigenvalue weighted by Gasteiger charge is -2.30. The number of hydrogen-bond acceptors (Lipinski definition) is 5. The van der Waals surface area contributed by atoms with E-state index in [0.717, 1.165) is 10.2 Å². The number of carbonyl (C=O) groups is 2. The summed E-state index contributed by atoms with van der Waals surface area (Å²) in [5.41, 5.74) is 3.02. The second-order valence-corrected chi connectivity index (χ2v) is 8.72. The Morgan fingerprint density at radius 2 is 1.88 bits per heavy atom. The number of carbonyl (C=O) groups excluding carboxylic acids is 2. The van der Waals surface area contributed by atoms with Gasteiger partial charge in [0.15, 0.2) is 0 Å². The van der Waals surface area contributed by atoms with Crippen molar-refractivity contribution in [2.45, 2.75) is 52.4 Å². The lowest BCUT2D eigenvalue weighted by molar-refractivity contribution is -0.142. The van der Waals surface area contributed by atoms with Crippen LogP contribution in [-0.2, 0) is 23.3 Å². The third-order valence-electron chi connectivity index (χ3n) is 5.53. The zero-order chi connectivity index (χ0) is 24.1.